The van der Waals surface area contributed by atoms with Gasteiger partial charge in [-0.1, -0.05) is 25.9 Å². The highest BCUT2D eigenvalue weighted by atomic mass is 32.2. The van der Waals surface area contributed by atoms with Crippen molar-refractivity contribution in [3.8, 4) is 0 Å². The minimum atomic E-state index is -3.89. The summed E-state index contributed by atoms with van der Waals surface area (Å²) >= 11 is 0. The second kappa shape index (κ2) is 5.73. The lowest BCUT2D eigenvalue weighted by molar-refractivity contribution is -0.144. The molecule has 2 rings (SSSR count). The molecule has 132 valence electrons. The fourth-order valence-electron chi connectivity index (χ4n) is 3.16. The van der Waals surface area contributed by atoms with Gasteiger partial charge in [-0.2, -0.15) is 12.7 Å². The molecule has 8 heteroatoms. The zero-order valence-electron chi connectivity index (χ0n) is 14.7. The van der Waals surface area contributed by atoms with Crippen molar-refractivity contribution in [1.82, 2.24) is 9.03 Å². The van der Waals surface area contributed by atoms with E-state index in [0.717, 1.165) is 22.9 Å². The number of fused-ring (bicyclic) bond motifs is 1. The second-order valence-electron chi connectivity index (χ2n) is 7.70. The van der Waals surface area contributed by atoms with Crippen molar-refractivity contribution in [3.05, 3.63) is 0 Å². The van der Waals surface area contributed by atoms with Crippen LogP contribution in [0.25, 0.3) is 0 Å². The number of carbonyl (C=O) groups excluding carboxylic acids is 1. The van der Waals surface area contributed by atoms with Crippen LogP contribution in [0, 0.1) is 11.3 Å². The third kappa shape index (κ3) is 3.10. The maximum absolute atomic E-state index is 12.7. The van der Waals surface area contributed by atoms with Crippen LogP contribution in [0.1, 0.15) is 53.9 Å². The lowest BCUT2D eigenvalue weighted by Crippen LogP contribution is -2.55. The first-order valence-corrected chi connectivity index (χ1v) is 9.42. The zero-order chi connectivity index (χ0) is 17.6. The minimum Gasteiger partial charge on any atom is -0.378 e. The van der Waals surface area contributed by atoms with Crippen molar-refractivity contribution < 1.29 is 18.0 Å². The van der Waals surface area contributed by atoms with E-state index < -0.39 is 21.7 Å². The number of hydrogen-bond donors (Lipinski definition) is 1. The van der Waals surface area contributed by atoms with E-state index in [2.05, 4.69) is 9.88 Å². The Bertz CT molecular complexity index is 621. The van der Waals surface area contributed by atoms with Crippen LogP contribution in [0.3, 0.4) is 0 Å². The van der Waals surface area contributed by atoms with Gasteiger partial charge in [-0.15, -0.1) is 0 Å². The molecular formula is C15H27N3O4S. The number of carbonyl (C=O) groups is 1. The summed E-state index contributed by atoms with van der Waals surface area (Å²) in [4.78, 5) is 18.3. The number of rotatable bonds is 4. The molecule has 23 heavy (non-hydrogen) atoms. The highest BCUT2D eigenvalue weighted by Gasteiger charge is 2.60. The fourth-order valence-corrected chi connectivity index (χ4v) is 4.27. The van der Waals surface area contributed by atoms with Crippen LogP contribution in [0.4, 0.5) is 0 Å². The molecule has 2 aliphatic rings. The van der Waals surface area contributed by atoms with Crippen molar-refractivity contribution in [2.45, 2.75) is 65.5 Å². The van der Waals surface area contributed by atoms with Gasteiger partial charge in [0.25, 0.3) is 5.91 Å². The lowest BCUT2D eigenvalue weighted by atomic mass is 9.76. The number of hydrogen-bond acceptors (Lipinski definition) is 5. The molecule has 0 radical (unpaired) electrons. The minimum absolute atomic E-state index is 0.165. The zero-order valence-corrected chi connectivity index (χ0v) is 15.5. The van der Waals surface area contributed by atoms with Crippen LogP contribution in [0.15, 0.2) is 5.16 Å². The number of nitrogens with zero attached hydrogens (tertiary/aromatic N) is 2. The van der Waals surface area contributed by atoms with Gasteiger partial charge in [0.1, 0.15) is 0 Å². The summed E-state index contributed by atoms with van der Waals surface area (Å²) in [5, 5.41) is 4.14. The van der Waals surface area contributed by atoms with Crippen LogP contribution >= 0.6 is 0 Å². The molecule has 2 unspecified atom stereocenters. The van der Waals surface area contributed by atoms with Gasteiger partial charge in [0.2, 0.25) is 5.60 Å². The Morgan fingerprint density at radius 3 is 2.57 bits per heavy atom. The van der Waals surface area contributed by atoms with Gasteiger partial charge in [-0.05, 0) is 33.1 Å². The topological polar surface area (TPSA) is 88.1 Å². The lowest BCUT2D eigenvalue weighted by Gasteiger charge is -2.29. The van der Waals surface area contributed by atoms with Crippen LogP contribution < -0.4 is 4.72 Å². The van der Waals surface area contributed by atoms with Crippen LogP contribution in [0.2, 0.25) is 0 Å². The Kier molecular flexibility index (Phi) is 4.54. The Balaban J connectivity index is 2.24. The Morgan fingerprint density at radius 2 is 2.04 bits per heavy atom. The highest BCUT2D eigenvalue weighted by Crippen LogP contribution is 2.47. The monoisotopic (exact) mass is 345 g/mol. The van der Waals surface area contributed by atoms with Gasteiger partial charge in [0.15, 0.2) is 0 Å². The molecule has 1 N–H and O–H groups in total. The first-order valence-electron chi connectivity index (χ1n) is 7.98. The van der Waals surface area contributed by atoms with Crippen molar-refractivity contribution in [1.29, 1.82) is 0 Å². The summed E-state index contributed by atoms with van der Waals surface area (Å²) in [5.41, 5.74) is -0.572. The van der Waals surface area contributed by atoms with Crippen molar-refractivity contribution >= 4 is 21.8 Å². The molecule has 7 nitrogen and oxygen atoms in total. The van der Waals surface area contributed by atoms with E-state index in [1.54, 1.807) is 13.8 Å². The summed E-state index contributed by atoms with van der Waals surface area (Å²) in [5.74, 6) is -0.780. The van der Waals surface area contributed by atoms with Crippen molar-refractivity contribution in [3.63, 3.8) is 0 Å². The summed E-state index contributed by atoms with van der Waals surface area (Å²) in [7, 11) is -2.45. The largest absolute Gasteiger partial charge is 0.378 e. The third-order valence-electron chi connectivity index (χ3n) is 4.72. The molecule has 2 atom stereocenters. The number of amides is 1. The molecule has 1 aliphatic carbocycles. The van der Waals surface area contributed by atoms with Gasteiger partial charge in [0.05, 0.1) is 11.6 Å². The van der Waals surface area contributed by atoms with E-state index in [-0.39, 0.29) is 17.4 Å². The normalized spacial score (nSPS) is 27.8. The Labute approximate surface area is 138 Å². The van der Waals surface area contributed by atoms with Gasteiger partial charge < -0.3 is 4.84 Å². The van der Waals surface area contributed by atoms with Crippen LogP contribution in [0.5, 0.6) is 0 Å². The first kappa shape index (κ1) is 18.2. The molecule has 1 fully saturated rings. The molecule has 0 spiro atoms. The van der Waals surface area contributed by atoms with E-state index in [0.29, 0.717) is 6.42 Å². The molecule has 1 heterocycles. The second-order valence-corrected chi connectivity index (χ2v) is 9.43. The average molecular weight is 345 g/mol. The maximum Gasteiger partial charge on any atom is 0.303 e. The van der Waals surface area contributed by atoms with E-state index in [1.807, 2.05) is 20.8 Å². The average Bonchev–Trinajstić information content (AvgIpc) is 2.94. The first-order chi connectivity index (χ1) is 10.4. The molecule has 0 saturated heterocycles. The van der Waals surface area contributed by atoms with E-state index in [1.165, 1.54) is 7.05 Å². The van der Waals surface area contributed by atoms with Crippen LogP contribution in [-0.4, -0.2) is 43.0 Å². The predicted molar refractivity (Wildman–Crippen MR) is 88.0 cm³/mol. The summed E-state index contributed by atoms with van der Waals surface area (Å²) in [6.45, 7) is 9.54. The molecule has 0 bridgehead atoms. The standard InChI is InChI=1S/C15H27N3O4S/c1-10(2)18(6)23(20,21)17-13(19)15-9-7-8-11(15)12(16-22-15)14(3,4)5/h10-11H,7-9H2,1-6H3,(H,17,19). The van der Waals surface area contributed by atoms with Gasteiger partial charge >= 0.3 is 10.2 Å². The van der Waals surface area contributed by atoms with E-state index in [4.69, 9.17) is 4.84 Å². The molecule has 0 aromatic heterocycles. The van der Waals surface area contributed by atoms with Crippen molar-refractivity contribution in [2.24, 2.45) is 16.5 Å². The van der Waals surface area contributed by atoms with E-state index in [9.17, 15) is 13.2 Å². The van der Waals surface area contributed by atoms with Gasteiger partial charge in [-0.25, -0.2) is 4.72 Å². The van der Waals surface area contributed by atoms with Crippen molar-refractivity contribution in [2.75, 3.05) is 7.05 Å². The maximum atomic E-state index is 12.7. The Hall–Kier alpha value is -1.15. The van der Waals surface area contributed by atoms with Crippen LogP contribution in [-0.2, 0) is 19.8 Å². The fraction of sp³-hybridized carbons (Fsp3) is 0.867. The Morgan fingerprint density at radius 1 is 1.43 bits per heavy atom. The van der Waals surface area contributed by atoms with Gasteiger partial charge in [-0.3, -0.25) is 4.79 Å². The van der Waals surface area contributed by atoms with Gasteiger partial charge in [0, 0.05) is 18.5 Å². The molecular weight excluding hydrogens is 318 g/mol. The predicted octanol–water partition coefficient (Wildman–Crippen LogP) is 1.66. The summed E-state index contributed by atoms with van der Waals surface area (Å²) < 4.78 is 27.9. The quantitative estimate of drug-likeness (QED) is 0.839. The molecule has 1 amide bonds. The highest BCUT2D eigenvalue weighted by molar-refractivity contribution is 7.87. The third-order valence-corrected chi connectivity index (χ3v) is 6.34. The smallest absolute Gasteiger partial charge is 0.303 e. The SMILES string of the molecule is CC(C)N(C)S(=O)(=O)NC(=O)C12CCCC1C(C(C)(C)C)=NO2. The van der Waals surface area contributed by atoms with E-state index >= 15 is 0 Å². The molecule has 1 aliphatic heterocycles. The molecule has 0 aromatic carbocycles. The molecule has 0 aromatic rings. The number of oxime groups is 1. The summed E-state index contributed by atoms with van der Waals surface area (Å²) in [6.07, 6.45) is 2.07. The number of nitrogens with one attached hydrogen (secondary N) is 1. The molecule has 1 saturated carbocycles. The summed E-state index contributed by atoms with van der Waals surface area (Å²) in [6, 6.07) is -0.247.